The maximum atomic E-state index is 14.8. The average Bonchev–Trinajstić information content (AvgIpc) is 2.99. The first-order chi connectivity index (χ1) is 20.8. The summed E-state index contributed by atoms with van der Waals surface area (Å²) in [7, 11) is 0. The molecule has 0 aliphatic carbocycles. The highest BCUT2D eigenvalue weighted by Crippen LogP contribution is 2.36. The lowest BCUT2D eigenvalue weighted by Gasteiger charge is -2.29. The van der Waals surface area contributed by atoms with Gasteiger partial charge in [0, 0.05) is 36.6 Å². The number of benzene rings is 2. The lowest BCUT2D eigenvalue weighted by molar-refractivity contribution is -0.192. The standard InChI is InChI=1S/C27H29F4N5O.C2HF3O2/c28-24-17-32-26(33-22-6-4-19(5-7-22)18-35-8-2-1-3-9-35)34-25(24)20-14-21(27(29,30)31)16-23(15-20)36-10-12-37-13-11-36;3-2(4,5)1(6)7/h4-7,14-17H,1-3,8-13,18H2,(H,32,33,34);(H,6,7). The smallest absolute Gasteiger partial charge is 0.475 e. The molecule has 0 unspecified atom stereocenters. The van der Waals surface area contributed by atoms with E-state index in [4.69, 9.17) is 14.6 Å². The SMILES string of the molecule is Fc1cnc(Nc2ccc(CN3CCCCC3)cc2)nc1-c1cc(N2CCOCC2)cc(C(F)(F)F)c1.O=C(O)C(F)(F)F. The highest BCUT2D eigenvalue weighted by atomic mass is 19.4. The molecule has 3 heterocycles. The number of aromatic nitrogens is 2. The molecule has 5 rings (SSSR count). The number of rotatable bonds is 6. The summed E-state index contributed by atoms with van der Waals surface area (Å²) in [6, 6.07) is 11.4. The zero-order valence-electron chi connectivity index (χ0n) is 23.4. The topological polar surface area (TPSA) is 90.8 Å². The minimum Gasteiger partial charge on any atom is -0.475 e. The van der Waals surface area contributed by atoms with E-state index in [0.717, 1.165) is 38.0 Å². The molecule has 0 radical (unpaired) electrons. The van der Waals surface area contributed by atoms with Crippen LogP contribution in [0.4, 0.5) is 48.1 Å². The third-order valence-electron chi connectivity index (χ3n) is 6.95. The number of hydrogen-bond donors (Lipinski definition) is 2. The molecule has 0 bridgehead atoms. The van der Waals surface area contributed by atoms with E-state index in [1.54, 1.807) is 4.90 Å². The van der Waals surface area contributed by atoms with E-state index < -0.39 is 29.7 Å². The van der Waals surface area contributed by atoms with E-state index in [1.807, 2.05) is 24.3 Å². The Hall–Kier alpha value is -3.98. The second kappa shape index (κ2) is 14.2. The number of carbonyl (C=O) groups is 1. The quantitative estimate of drug-likeness (QED) is 0.299. The molecule has 15 heteroatoms. The zero-order chi connectivity index (χ0) is 31.9. The molecule has 1 aromatic heterocycles. The predicted octanol–water partition coefficient (Wildman–Crippen LogP) is 6.50. The number of aliphatic carboxylic acids is 1. The van der Waals surface area contributed by atoms with Crippen LogP contribution < -0.4 is 10.2 Å². The number of alkyl halides is 6. The van der Waals surface area contributed by atoms with Crippen molar-refractivity contribution in [2.45, 2.75) is 38.2 Å². The van der Waals surface area contributed by atoms with Crippen molar-refractivity contribution < 1.29 is 45.4 Å². The molecule has 0 atom stereocenters. The summed E-state index contributed by atoms with van der Waals surface area (Å²) in [6.07, 6.45) is -4.96. The van der Waals surface area contributed by atoms with Crippen LogP contribution in [0.1, 0.15) is 30.4 Å². The third kappa shape index (κ3) is 9.26. The number of anilines is 3. The van der Waals surface area contributed by atoms with Gasteiger partial charge in [-0.05, 0) is 61.8 Å². The molecule has 2 aliphatic rings. The van der Waals surface area contributed by atoms with E-state index in [-0.39, 0.29) is 17.2 Å². The largest absolute Gasteiger partial charge is 0.490 e. The molecule has 238 valence electrons. The van der Waals surface area contributed by atoms with Gasteiger partial charge < -0.3 is 20.1 Å². The summed E-state index contributed by atoms with van der Waals surface area (Å²) in [6.45, 7) is 4.83. The fraction of sp³-hybridized carbons (Fsp3) is 0.414. The van der Waals surface area contributed by atoms with Gasteiger partial charge in [0.1, 0.15) is 5.69 Å². The summed E-state index contributed by atoms with van der Waals surface area (Å²) >= 11 is 0. The number of nitrogens with one attached hydrogen (secondary N) is 1. The Morgan fingerprint density at radius 2 is 1.57 bits per heavy atom. The van der Waals surface area contributed by atoms with Gasteiger partial charge >= 0.3 is 18.3 Å². The monoisotopic (exact) mass is 629 g/mol. The summed E-state index contributed by atoms with van der Waals surface area (Å²) in [5, 5.41) is 10.2. The first-order valence-corrected chi connectivity index (χ1v) is 13.8. The maximum absolute atomic E-state index is 14.8. The van der Waals surface area contributed by atoms with E-state index >= 15 is 0 Å². The van der Waals surface area contributed by atoms with Gasteiger partial charge in [0.2, 0.25) is 5.95 Å². The minimum absolute atomic E-state index is 0.0381. The first-order valence-electron chi connectivity index (χ1n) is 13.8. The van der Waals surface area contributed by atoms with Gasteiger partial charge in [-0.2, -0.15) is 26.3 Å². The number of nitrogens with zero attached hydrogens (tertiary/aromatic N) is 4. The summed E-state index contributed by atoms with van der Waals surface area (Å²) in [5.41, 5.74) is 1.23. The number of halogens is 7. The maximum Gasteiger partial charge on any atom is 0.490 e. The Morgan fingerprint density at radius 1 is 0.932 bits per heavy atom. The van der Waals surface area contributed by atoms with Crippen LogP contribution in [0, 0.1) is 5.82 Å². The van der Waals surface area contributed by atoms with E-state index in [2.05, 4.69) is 20.2 Å². The van der Waals surface area contributed by atoms with Crippen LogP contribution in [0.5, 0.6) is 0 Å². The van der Waals surface area contributed by atoms with Gasteiger partial charge in [-0.25, -0.2) is 19.2 Å². The average molecular weight is 630 g/mol. The molecule has 2 N–H and O–H groups in total. The van der Waals surface area contributed by atoms with Crippen molar-refractivity contribution >= 4 is 23.3 Å². The Kier molecular flexibility index (Phi) is 10.6. The van der Waals surface area contributed by atoms with Crippen molar-refractivity contribution in [3.05, 3.63) is 65.6 Å². The molecule has 0 amide bonds. The normalized spacial score (nSPS) is 16.2. The van der Waals surface area contributed by atoms with Crippen LogP contribution in [-0.4, -0.2) is 71.5 Å². The van der Waals surface area contributed by atoms with Crippen LogP contribution in [0.15, 0.2) is 48.7 Å². The summed E-state index contributed by atoms with van der Waals surface area (Å²) in [4.78, 5) is 21.4. The molecular weight excluding hydrogens is 599 g/mol. The van der Waals surface area contributed by atoms with Crippen molar-refractivity contribution in [1.82, 2.24) is 14.9 Å². The molecule has 0 spiro atoms. The van der Waals surface area contributed by atoms with Gasteiger partial charge in [-0.15, -0.1) is 0 Å². The van der Waals surface area contributed by atoms with Crippen molar-refractivity contribution in [3.8, 4) is 11.3 Å². The molecule has 0 saturated carbocycles. The summed E-state index contributed by atoms with van der Waals surface area (Å²) < 4.78 is 92.9. The van der Waals surface area contributed by atoms with Crippen LogP contribution in [0.2, 0.25) is 0 Å². The van der Waals surface area contributed by atoms with Crippen LogP contribution in [-0.2, 0) is 22.3 Å². The molecular formula is C29H30F7N5O3. The third-order valence-corrected chi connectivity index (χ3v) is 6.95. The molecule has 2 saturated heterocycles. The van der Waals surface area contributed by atoms with Gasteiger partial charge in [0.05, 0.1) is 25.0 Å². The molecule has 2 aromatic carbocycles. The van der Waals surface area contributed by atoms with E-state index in [1.165, 1.54) is 30.9 Å². The van der Waals surface area contributed by atoms with Gasteiger partial charge in [-0.1, -0.05) is 18.6 Å². The number of morpholine rings is 1. The zero-order valence-corrected chi connectivity index (χ0v) is 23.4. The number of likely N-dealkylation sites (tertiary alicyclic amines) is 1. The molecule has 3 aromatic rings. The molecule has 8 nitrogen and oxygen atoms in total. The lowest BCUT2D eigenvalue weighted by atomic mass is 10.0. The van der Waals surface area contributed by atoms with Crippen molar-refractivity contribution in [2.75, 3.05) is 49.6 Å². The Bertz CT molecular complexity index is 1410. The molecule has 44 heavy (non-hydrogen) atoms. The Morgan fingerprint density at radius 3 is 2.16 bits per heavy atom. The van der Waals surface area contributed by atoms with E-state index in [0.29, 0.717) is 37.7 Å². The second-order valence-electron chi connectivity index (χ2n) is 10.2. The van der Waals surface area contributed by atoms with Crippen molar-refractivity contribution in [3.63, 3.8) is 0 Å². The molecule has 2 aliphatic heterocycles. The van der Waals surface area contributed by atoms with Gasteiger partial charge in [-0.3, -0.25) is 4.90 Å². The van der Waals surface area contributed by atoms with Gasteiger partial charge in [0.25, 0.3) is 0 Å². The van der Waals surface area contributed by atoms with Gasteiger partial charge in [0.15, 0.2) is 5.82 Å². The number of hydrogen-bond acceptors (Lipinski definition) is 7. The predicted molar refractivity (Wildman–Crippen MR) is 148 cm³/mol. The lowest BCUT2D eigenvalue weighted by Crippen LogP contribution is -2.36. The van der Waals surface area contributed by atoms with Crippen molar-refractivity contribution in [1.29, 1.82) is 0 Å². The van der Waals surface area contributed by atoms with Crippen LogP contribution >= 0.6 is 0 Å². The number of ether oxygens (including phenoxy) is 1. The first kappa shape index (κ1) is 32.9. The fourth-order valence-electron chi connectivity index (χ4n) is 4.74. The highest BCUT2D eigenvalue weighted by Gasteiger charge is 2.38. The number of carboxylic acid groups (broad SMARTS) is 1. The second-order valence-corrected chi connectivity index (χ2v) is 10.2. The van der Waals surface area contributed by atoms with Crippen LogP contribution in [0.3, 0.4) is 0 Å². The number of carboxylic acids is 1. The van der Waals surface area contributed by atoms with E-state index in [9.17, 15) is 30.7 Å². The Balaban J connectivity index is 0.000000566. The Labute approximate surface area is 248 Å². The molecule has 2 fully saturated rings. The van der Waals surface area contributed by atoms with Crippen LogP contribution in [0.25, 0.3) is 11.3 Å². The number of piperidine rings is 1. The van der Waals surface area contributed by atoms with Crippen molar-refractivity contribution in [2.24, 2.45) is 0 Å². The fourth-order valence-corrected chi connectivity index (χ4v) is 4.74. The highest BCUT2D eigenvalue weighted by molar-refractivity contribution is 5.73. The minimum atomic E-state index is -5.08. The summed E-state index contributed by atoms with van der Waals surface area (Å²) in [5.74, 6) is -3.45.